The predicted molar refractivity (Wildman–Crippen MR) is 69.4 cm³/mol. The van der Waals surface area contributed by atoms with Crippen molar-refractivity contribution in [1.29, 1.82) is 0 Å². The molecular weight excluding hydrogens is 224 g/mol. The second kappa shape index (κ2) is 4.37. The largest absolute Gasteiger partial charge is 0.289 e. The van der Waals surface area contributed by atoms with Crippen molar-refractivity contribution in [2.24, 2.45) is 0 Å². The summed E-state index contributed by atoms with van der Waals surface area (Å²) in [5, 5.41) is 0. The van der Waals surface area contributed by atoms with Gasteiger partial charge in [-0.15, -0.1) is 0 Å². The molecule has 0 bridgehead atoms. The Kier molecular flexibility index (Phi) is 2.57. The van der Waals surface area contributed by atoms with E-state index in [1.54, 1.807) is 24.5 Å². The van der Waals surface area contributed by atoms with Crippen LogP contribution in [-0.2, 0) is 0 Å². The lowest BCUT2D eigenvalue weighted by Crippen LogP contribution is -2.01. The SMILES string of the molecule is O=C(c1ccccc1)c1ccc2nccnc2c1. The summed E-state index contributed by atoms with van der Waals surface area (Å²) in [6, 6.07) is 14.6. The molecule has 3 heteroatoms. The van der Waals surface area contributed by atoms with Crippen LogP contribution in [0.1, 0.15) is 15.9 Å². The van der Waals surface area contributed by atoms with E-state index in [2.05, 4.69) is 9.97 Å². The van der Waals surface area contributed by atoms with Gasteiger partial charge in [0, 0.05) is 23.5 Å². The molecule has 0 saturated carbocycles. The minimum absolute atomic E-state index is 0.00292. The Morgan fingerprint density at radius 1 is 0.778 bits per heavy atom. The van der Waals surface area contributed by atoms with Gasteiger partial charge in [-0.25, -0.2) is 0 Å². The Labute approximate surface area is 104 Å². The number of rotatable bonds is 2. The molecule has 0 spiro atoms. The Morgan fingerprint density at radius 2 is 1.50 bits per heavy atom. The monoisotopic (exact) mass is 234 g/mol. The maximum absolute atomic E-state index is 12.2. The first-order valence-electron chi connectivity index (χ1n) is 5.65. The number of fused-ring (bicyclic) bond motifs is 1. The lowest BCUT2D eigenvalue weighted by molar-refractivity contribution is 0.103. The molecule has 0 saturated heterocycles. The molecule has 0 aliphatic rings. The summed E-state index contributed by atoms with van der Waals surface area (Å²) in [7, 11) is 0. The van der Waals surface area contributed by atoms with Crippen molar-refractivity contribution in [3.05, 3.63) is 72.1 Å². The molecule has 0 N–H and O–H groups in total. The Morgan fingerprint density at radius 3 is 2.28 bits per heavy atom. The van der Waals surface area contributed by atoms with Crippen LogP contribution in [0.15, 0.2) is 60.9 Å². The summed E-state index contributed by atoms with van der Waals surface area (Å²) in [5.41, 5.74) is 2.84. The van der Waals surface area contributed by atoms with E-state index in [-0.39, 0.29) is 5.78 Å². The molecule has 0 atom stereocenters. The number of hydrogen-bond acceptors (Lipinski definition) is 3. The highest BCUT2D eigenvalue weighted by atomic mass is 16.1. The highest BCUT2D eigenvalue weighted by Crippen LogP contribution is 2.14. The Balaban J connectivity index is 2.07. The van der Waals surface area contributed by atoms with Crippen LogP contribution in [0, 0.1) is 0 Å². The van der Waals surface area contributed by atoms with Crippen LogP contribution in [0.4, 0.5) is 0 Å². The third-order valence-corrected chi connectivity index (χ3v) is 2.77. The van der Waals surface area contributed by atoms with Crippen molar-refractivity contribution in [2.45, 2.75) is 0 Å². The molecule has 18 heavy (non-hydrogen) atoms. The van der Waals surface area contributed by atoms with Crippen LogP contribution in [0.5, 0.6) is 0 Å². The van der Waals surface area contributed by atoms with E-state index in [4.69, 9.17) is 0 Å². The minimum atomic E-state index is 0.00292. The van der Waals surface area contributed by atoms with Gasteiger partial charge in [0.15, 0.2) is 5.78 Å². The first-order chi connectivity index (χ1) is 8.84. The van der Waals surface area contributed by atoms with Crippen LogP contribution in [0.3, 0.4) is 0 Å². The van der Waals surface area contributed by atoms with E-state index in [0.29, 0.717) is 11.1 Å². The molecule has 3 rings (SSSR count). The topological polar surface area (TPSA) is 42.9 Å². The van der Waals surface area contributed by atoms with Gasteiger partial charge in [-0.2, -0.15) is 0 Å². The molecule has 0 fully saturated rings. The van der Waals surface area contributed by atoms with Crippen LogP contribution < -0.4 is 0 Å². The molecule has 0 unspecified atom stereocenters. The summed E-state index contributed by atoms with van der Waals surface area (Å²) in [6.45, 7) is 0. The molecule has 0 radical (unpaired) electrons. The lowest BCUT2D eigenvalue weighted by Gasteiger charge is -2.02. The summed E-state index contributed by atoms with van der Waals surface area (Å²) in [4.78, 5) is 20.6. The summed E-state index contributed by atoms with van der Waals surface area (Å²) in [5.74, 6) is 0.00292. The predicted octanol–water partition coefficient (Wildman–Crippen LogP) is 2.86. The standard InChI is InChI=1S/C15H10N2O/c18-15(11-4-2-1-3-5-11)12-6-7-13-14(10-12)17-9-8-16-13/h1-10H. The van der Waals surface area contributed by atoms with E-state index in [0.717, 1.165) is 11.0 Å². The highest BCUT2D eigenvalue weighted by molar-refractivity contribution is 6.10. The smallest absolute Gasteiger partial charge is 0.193 e. The maximum Gasteiger partial charge on any atom is 0.193 e. The van der Waals surface area contributed by atoms with Gasteiger partial charge >= 0.3 is 0 Å². The number of ketones is 1. The first kappa shape index (κ1) is 10.6. The minimum Gasteiger partial charge on any atom is -0.289 e. The normalized spacial score (nSPS) is 10.4. The number of hydrogen-bond donors (Lipinski definition) is 0. The van der Waals surface area contributed by atoms with Gasteiger partial charge in [0.05, 0.1) is 11.0 Å². The van der Waals surface area contributed by atoms with Gasteiger partial charge in [-0.05, 0) is 18.2 Å². The molecule has 0 aliphatic carbocycles. The first-order valence-corrected chi connectivity index (χ1v) is 5.65. The van der Waals surface area contributed by atoms with Crippen molar-refractivity contribution in [3.63, 3.8) is 0 Å². The number of aromatic nitrogens is 2. The van der Waals surface area contributed by atoms with Crippen LogP contribution in [0.2, 0.25) is 0 Å². The number of carbonyl (C=O) groups excluding carboxylic acids is 1. The average Bonchev–Trinajstić information content (AvgIpc) is 2.47. The highest BCUT2D eigenvalue weighted by Gasteiger charge is 2.09. The van der Waals surface area contributed by atoms with Gasteiger partial charge in [0.25, 0.3) is 0 Å². The molecule has 0 amide bonds. The fourth-order valence-electron chi connectivity index (χ4n) is 1.86. The van der Waals surface area contributed by atoms with E-state index in [1.807, 2.05) is 36.4 Å². The fourth-order valence-corrected chi connectivity index (χ4v) is 1.86. The van der Waals surface area contributed by atoms with Gasteiger partial charge in [-0.1, -0.05) is 30.3 Å². The third kappa shape index (κ3) is 1.86. The third-order valence-electron chi connectivity index (χ3n) is 2.77. The molecule has 86 valence electrons. The number of benzene rings is 2. The van der Waals surface area contributed by atoms with Crippen molar-refractivity contribution in [1.82, 2.24) is 9.97 Å². The lowest BCUT2D eigenvalue weighted by atomic mass is 10.0. The molecule has 1 aromatic heterocycles. The molecule has 2 aromatic carbocycles. The van der Waals surface area contributed by atoms with Gasteiger partial charge < -0.3 is 0 Å². The summed E-state index contributed by atoms with van der Waals surface area (Å²) >= 11 is 0. The number of carbonyl (C=O) groups is 1. The zero-order valence-corrected chi connectivity index (χ0v) is 9.58. The molecule has 1 heterocycles. The summed E-state index contributed by atoms with van der Waals surface area (Å²) in [6.07, 6.45) is 3.26. The maximum atomic E-state index is 12.2. The second-order valence-corrected chi connectivity index (χ2v) is 3.95. The average molecular weight is 234 g/mol. The molecule has 0 aliphatic heterocycles. The van der Waals surface area contributed by atoms with Gasteiger partial charge in [0.1, 0.15) is 0 Å². The van der Waals surface area contributed by atoms with Crippen LogP contribution in [0.25, 0.3) is 11.0 Å². The van der Waals surface area contributed by atoms with Gasteiger partial charge in [-0.3, -0.25) is 14.8 Å². The molecule has 3 aromatic rings. The zero-order chi connectivity index (χ0) is 12.4. The van der Waals surface area contributed by atoms with E-state index in [1.165, 1.54) is 0 Å². The van der Waals surface area contributed by atoms with Gasteiger partial charge in [0.2, 0.25) is 0 Å². The van der Waals surface area contributed by atoms with Crippen molar-refractivity contribution >= 4 is 16.8 Å². The van der Waals surface area contributed by atoms with E-state index < -0.39 is 0 Å². The Hall–Kier alpha value is -2.55. The van der Waals surface area contributed by atoms with Crippen molar-refractivity contribution in [3.8, 4) is 0 Å². The quantitative estimate of drug-likeness (QED) is 0.640. The Bertz CT molecular complexity index is 708. The van der Waals surface area contributed by atoms with E-state index >= 15 is 0 Å². The second-order valence-electron chi connectivity index (χ2n) is 3.95. The number of nitrogens with zero attached hydrogens (tertiary/aromatic N) is 2. The molecular formula is C15H10N2O. The van der Waals surface area contributed by atoms with Crippen molar-refractivity contribution < 1.29 is 4.79 Å². The van der Waals surface area contributed by atoms with Crippen LogP contribution >= 0.6 is 0 Å². The molecule has 3 nitrogen and oxygen atoms in total. The summed E-state index contributed by atoms with van der Waals surface area (Å²) < 4.78 is 0. The fraction of sp³-hybridized carbons (Fsp3) is 0. The van der Waals surface area contributed by atoms with Crippen LogP contribution in [-0.4, -0.2) is 15.8 Å². The van der Waals surface area contributed by atoms with E-state index in [9.17, 15) is 4.79 Å². The zero-order valence-electron chi connectivity index (χ0n) is 9.58. The van der Waals surface area contributed by atoms with Crippen molar-refractivity contribution in [2.75, 3.05) is 0 Å².